The van der Waals surface area contributed by atoms with Crippen LogP contribution in [0.4, 0.5) is 0 Å². The average Bonchev–Trinajstić information content (AvgIpc) is 3.46. The summed E-state index contributed by atoms with van der Waals surface area (Å²) in [6.45, 7) is 4.49. The quantitative estimate of drug-likeness (QED) is 0.772. The second-order valence-electron chi connectivity index (χ2n) is 7.35. The molecule has 0 aliphatic heterocycles. The molecule has 0 radical (unpaired) electrons. The molecule has 2 aromatic carbocycles. The normalized spacial score (nSPS) is 14.0. The summed E-state index contributed by atoms with van der Waals surface area (Å²) in [4.78, 5) is 14.5. The van der Waals surface area contributed by atoms with Crippen LogP contribution in [0.2, 0.25) is 0 Å². The maximum absolute atomic E-state index is 12.9. The van der Waals surface area contributed by atoms with Crippen LogP contribution in [-0.2, 0) is 16.6 Å². The zero-order valence-electron chi connectivity index (χ0n) is 16.7. The minimum atomic E-state index is -3.74. The molecular weight excluding hydrogens is 376 g/mol. The number of hydrogen-bond donors (Lipinski definition) is 1. The molecule has 0 spiro atoms. The molecule has 1 amide bonds. The van der Waals surface area contributed by atoms with E-state index in [0.717, 1.165) is 24.0 Å². The van der Waals surface area contributed by atoms with E-state index in [-0.39, 0.29) is 22.6 Å². The molecule has 2 aromatic rings. The molecule has 6 nitrogen and oxygen atoms in total. The Hall–Kier alpha value is -2.38. The van der Waals surface area contributed by atoms with Gasteiger partial charge < -0.3 is 9.64 Å². The minimum absolute atomic E-state index is 0.00679. The first-order chi connectivity index (χ1) is 13.2. The first-order valence-electron chi connectivity index (χ1n) is 9.23. The van der Waals surface area contributed by atoms with E-state index in [2.05, 4.69) is 10.8 Å². The van der Waals surface area contributed by atoms with Gasteiger partial charge in [-0.05, 0) is 56.0 Å². The highest BCUT2D eigenvalue weighted by Crippen LogP contribution is 2.28. The lowest BCUT2D eigenvalue weighted by molar-refractivity contribution is 0.0784. The highest BCUT2D eigenvalue weighted by molar-refractivity contribution is 7.89. The Kier molecular flexibility index (Phi) is 5.76. The number of nitrogens with zero attached hydrogens (tertiary/aromatic N) is 1. The smallest absolute Gasteiger partial charge is 0.253 e. The highest BCUT2D eigenvalue weighted by Gasteiger charge is 2.30. The van der Waals surface area contributed by atoms with Gasteiger partial charge >= 0.3 is 0 Å². The Balaban J connectivity index is 1.85. The maximum atomic E-state index is 12.9. The number of sulfonamides is 1. The number of carbonyl (C=O) groups excluding carboxylic acids is 1. The van der Waals surface area contributed by atoms with Crippen molar-refractivity contribution in [2.75, 3.05) is 14.2 Å². The lowest BCUT2D eigenvalue weighted by Crippen LogP contribution is -2.28. The molecule has 0 aromatic heterocycles. The van der Waals surface area contributed by atoms with E-state index >= 15 is 0 Å². The fourth-order valence-electron chi connectivity index (χ4n) is 3.07. The molecule has 28 heavy (non-hydrogen) atoms. The molecule has 0 saturated heterocycles. The summed E-state index contributed by atoms with van der Waals surface area (Å²) < 4.78 is 33.2. The van der Waals surface area contributed by atoms with Crippen molar-refractivity contribution in [3.05, 3.63) is 58.7 Å². The molecule has 1 fully saturated rings. The minimum Gasteiger partial charge on any atom is -0.495 e. The fraction of sp³-hybridized carbons (Fsp3) is 0.381. The van der Waals surface area contributed by atoms with Gasteiger partial charge in [-0.1, -0.05) is 23.8 Å². The zero-order valence-corrected chi connectivity index (χ0v) is 17.5. The summed E-state index contributed by atoms with van der Waals surface area (Å²) in [6.07, 6.45) is 1.66. The van der Waals surface area contributed by atoms with E-state index in [1.807, 2.05) is 26.0 Å². The van der Waals surface area contributed by atoms with Crippen molar-refractivity contribution in [3.63, 3.8) is 0 Å². The number of aryl methyl sites for hydroxylation is 2. The van der Waals surface area contributed by atoms with Crippen molar-refractivity contribution in [3.8, 4) is 5.75 Å². The molecule has 150 valence electrons. The van der Waals surface area contributed by atoms with E-state index in [0.29, 0.717) is 12.1 Å². The lowest BCUT2D eigenvalue weighted by Gasteiger charge is -2.20. The standard InChI is InChI=1S/C21H26N2O4S/c1-14-5-6-17(15(2)11-14)13-23(3)21(24)16-7-10-19(27-4)20(12-16)28(25,26)22-18-8-9-18/h5-7,10-12,18,22H,8-9,13H2,1-4H3. The number of carbonyl (C=O) groups is 1. The largest absolute Gasteiger partial charge is 0.495 e. The highest BCUT2D eigenvalue weighted by atomic mass is 32.2. The van der Waals surface area contributed by atoms with Crippen LogP contribution in [-0.4, -0.2) is 39.4 Å². The van der Waals surface area contributed by atoms with Gasteiger partial charge in [0.1, 0.15) is 10.6 Å². The van der Waals surface area contributed by atoms with Crippen LogP contribution in [0.1, 0.15) is 39.9 Å². The molecule has 0 unspecified atom stereocenters. The number of rotatable bonds is 7. The zero-order chi connectivity index (χ0) is 20.5. The third-order valence-corrected chi connectivity index (χ3v) is 6.39. The molecule has 1 aliphatic carbocycles. The summed E-state index contributed by atoms with van der Waals surface area (Å²) in [5, 5.41) is 0. The number of benzene rings is 2. The Labute approximate surface area is 166 Å². The molecule has 0 heterocycles. The van der Waals surface area contributed by atoms with Gasteiger partial charge in [0.2, 0.25) is 10.0 Å². The molecule has 3 rings (SSSR count). The Morgan fingerprint density at radius 1 is 1.18 bits per heavy atom. The Bertz CT molecular complexity index is 997. The number of ether oxygens (including phenoxy) is 1. The van der Waals surface area contributed by atoms with Gasteiger partial charge in [0.15, 0.2) is 0 Å². The van der Waals surface area contributed by atoms with Crippen molar-refractivity contribution < 1.29 is 17.9 Å². The molecule has 1 N–H and O–H groups in total. The van der Waals surface area contributed by atoms with Gasteiger partial charge in [-0.3, -0.25) is 4.79 Å². The second kappa shape index (κ2) is 7.93. The third kappa shape index (κ3) is 4.54. The average molecular weight is 403 g/mol. The monoisotopic (exact) mass is 402 g/mol. The van der Waals surface area contributed by atoms with Gasteiger partial charge in [-0.25, -0.2) is 13.1 Å². The van der Waals surface area contributed by atoms with E-state index in [1.54, 1.807) is 18.0 Å². The van der Waals surface area contributed by atoms with Gasteiger partial charge in [0.25, 0.3) is 5.91 Å². The number of nitrogens with one attached hydrogen (secondary N) is 1. The Morgan fingerprint density at radius 3 is 2.50 bits per heavy atom. The van der Waals surface area contributed by atoms with Gasteiger partial charge in [0, 0.05) is 25.2 Å². The van der Waals surface area contributed by atoms with Crippen molar-refractivity contribution >= 4 is 15.9 Å². The van der Waals surface area contributed by atoms with E-state index in [4.69, 9.17) is 4.74 Å². The SMILES string of the molecule is COc1ccc(C(=O)N(C)Cc2ccc(C)cc2C)cc1S(=O)(=O)NC1CC1. The predicted octanol–water partition coefficient (Wildman–Crippen LogP) is 3.02. The maximum Gasteiger partial charge on any atom is 0.253 e. The third-order valence-electron chi connectivity index (χ3n) is 4.85. The molecule has 1 saturated carbocycles. The van der Waals surface area contributed by atoms with Gasteiger partial charge in [-0.15, -0.1) is 0 Å². The van der Waals surface area contributed by atoms with Crippen molar-refractivity contribution in [1.29, 1.82) is 0 Å². The first-order valence-corrected chi connectivity index (χ1v) is 10.7. The number of amides is 1. The van der Waals surface area contributed by atoms with Crippen LogP contribution in [0.5, 0.6) is 5.75 Å². The van der Waals surface area contributed by atoms with Crippen LogP contribution in [0.3, 0.4) is 0 Å². The van der Waals surface area contributed by atoms with Crippen LogP contribution < -0.4 is 9.46 Å². The van der Waals surface area contributed by atoms with Crippen LogP contribution in [0, 0.1) is 13.8 Å². The number of hydrogen-bond acceptors (Lipinski definition) is 4. The summed E-state index contributed by atoms with van der Waals surface area (Å²) in [6, 6.07) is 10.6. The summed E-state index contributed by atoms with van der Waals surface area (Å²) in [5.74, 6) is -0.0211. The van der Waals surface area contributed by atoms with Crippen LogP contribution >= 0.6 is 0 Å². The van der Waals surface area contributed by atoms with E-state index in [1.165, 1.54) is 24.8 Å². The number of methoxy groups -OCH3 is 1. The van der Waals surface area contributed by atoms with Gasteiger partial charge in [0.05, 0.1) is 7.11 Å². The molecule has 7 heteroatoms. The summed E-state index contributed by atoms with van der Waals surface area (Å²) in [5.41, 5.74) is 3.65. The summed E-state index contributed by atoms with van der Waals surface area (Å²) in [7, 11) is -0.611. The molecule has 0 bridgehead atoms. The first kappa shape index (κ1) is 20.4. The topological polar surface area (TPSA) is 75.7 Å². The molecule has 0 atom stereocenters. The second-order valence-corrected chi connectivity index (χ2v) is 9.03. The van der Waals surface area contributed by atoms with E-state index in [9.17, 15) is 13.2 Å². The fourth-order valence-corrected chi connectivity index (χ4v) is 4.57. The van der Waals surface area contributed by atoms with Gasteiger partial charge in [-0.2, -0.15) is 0 Å². The van der Waals surface area contributed by atoms with Crippen molar-refractivity contribution in [2.45, 2.75) is 44.2 Å². The van der Waals surface area contributed by atoms with Crippen molar-refractivity contribution in [2.24, 2.45) is 0 Å². The van der Waals surface area contributed by atoms with E-state index < -0.39 is 10.0 Å². The molecule has 1 aliphatic rings. The Morgan fingerprint density at radius 2 is 1.89 bits per heavy atom. The predicted molar refractivity (Wildman–Crippen MR) is 108 cm³/mol. The molecular formula is C21H26N2O4S. The van der Waals surface area contributed by atoms with Crippen LogP contribution in [0.15, 0.2) is 41.3 Å². The van der Waals surface area contributed by atoms with Crippen LogP contribution in [0.25, 0.3) is 0 Å². The summed E-state index contributed by atoms with van der Waals surface area (Å²) >= 11 is 0. The lowest BCUT2D eigenvalue weighted by atomic mass is 10.1. The van der Waals surface area contributed by atoms with Crippen molar-refractivity contribution in [1.82, 2.24) is 9.62 Å².